The van der Waals surface area contributed by atoms with Crippen LogP contribution < -0.4 is 0 Å². The van der Waals surface area contributed by atoms with Crippen LogP contribution >= 0.6 is 11.3 Å². The molecule has 0 aliphatic heterocycles. The Morgan fingerprint density at radius 3 is 2.63 bits per heavy atom. The zero-order chi connectivity index (χ0) is 13.8. The fourth-order valence-corrected chi connectivity index (χ4v) is 3.44. The molecule has 104 valence electrons. The molecule has 0 amide bonds. The average Bonchev–Trinajstić information content (AvgIpc) is 2.89. The molecule has 2 heterocycles. The Kier molecular flexibility index (Phi) is 4.77. The molecule has 0 saturated carbocycles. The number of hydrogen-bond acceptors (Lipinski definition) is 3. The third-order valence-corrected chi connectivity index (χ3v) is 4.18. The monoisotopic (exact) mass is 277 g/mol. The highest BCUT2D eigenvalue weighted by Crippen LogP contribution is 2.21. The minimum atomic E-state index is 0.733. The van der Waals surface area contributed by atoms with Crippen molar-refractivity contribution in [3.63, 3.8) is 0 Å². The Morgan fingerprint density at radius 1 is 1.26 bits per heavy atom. The Hall–Kier alpha value is -1.13. The first-order chi connectivity index (χ1) is 9.04. The molecule has 0 radical (unpaired) electrons. The highest BCUT2D eigenvalue weighted by molar-refractivity contribution is 7.11. The fraction of sp³-hybridized carbons (Fsp3) is 0.533. The van der Waals surface area contributed by atoms with Crippen LogP contribution in [0.4, 0.5) is 0 Å². The van der Waals surface area contributed by atoms with Crippen LogP contribution in [0.3, 0.4) is 0 Å². The maximum atomic E-state index is 4.37. The largest absolute Gasteiger partial charge is 0.337 e. The second-order valence-corrected chi connectivity index (χ2v) is 6.85. The summed E-state index contributed by atoms with van der Waals surface area (Å²) in [6.07, 6.45) is 5.04. The molecular weight excluding hydrogens is 254 g/mol. The van der Waals surface area contributed by atoms with Crippen molar-refractivity contribution in [1.29, 1.82) is 0 Å². The van der Waals surface area contributed by atoms with Crippen LogP contribution in [0.15, 0.2) is 24.5 Å². The summed E-state index contributed by atoms with van der Waals surface area (Å²) in [6, 6.07) is 4.53. The predicted octanol–water partition coefficient (Wildman–Crippen LogP) is 3.31. The molecule has 2 aromatic heterocycles. The van der Waals surface area contributed by atoms with Crippen molar-refractivity contribution in [2.45, 2.75) is 33.4 Å². The van der Waals surface area contributed by atoms with Gasteiger partial charge in [0, 0.05) is 35.7 Å². The minimum Gasteiger partial charge on any atom is -0.337 e. The number of imidazole rings is 1. The van der Waals surface area contributed by atoms with E-state index >= 15 is 0 Å². The molecular formula is C15H23N3S. The summed E-state index contributed by atoms with van der Waals surface area (Å²) in [4.78, 5) is 9.61. The van der Waals surface area contributed by atoms with E-state index in [-0.39, 0.29) is 0 Å². The Labute approximate surface area is 119 Å². The molecule has 0 aliphatic carbocycles. The SMILES string of the molecule is CC(C)Cc1ccc(CN(C)Cc2nccn2C)s1. The highest BCUT2D eigenvalue weighted by Gasteiger charge is 2.08. The lowest BCUT2D eigenvalue weighted by molar-refractivity contribution is 0.310. The van der Waals surface area contributed by atoms with Gasteiger partial charge in [-0.3, -0.25) is 4.90 Å². The van der Waals surface area contributed by atoms with Gasteiger partial charge in [0.15, 0.2) is 0 Å². The fourth-order valence-electron chi connectivity index (χ4n) is 2.13. The zero-order valence-corrected chi connectivity index (χ0v) is 13.1. The zero-order valence-electron chi connectivity index (χ0n) is 12.3. The normalized spacial score (nSPS) is 11.7. The maximum absolute atomic E-state index is 4.37. The quantitative estimate of drug-likeness (QED) is 0.807. The molecule has 2 aromatic rings. The standard InChI is InChI=1S/C15H23N3S/c1-12(2)9-13-5-6-14(19-13)10-17(3)11-15-16-7-8-18(15)4/h5-8,12H,9-11H2,1-4H3. The maximum Gasteiger partial charge on any atom is 0.122 e. The van der Waals surface area contributed by atoms with Gasteiger partial charge in [-0.05, 0) is 31.5 Å². The molecule has 0 saturated heterocycles. The van der Waals surface area contributed by atoms with E-state index < -0.39 is 0 Å². The first-order valence-corrected chi connectivity index (χ1v) is 7.58. The summed E-state index contributed by atoms with van der Waals surface area (Å²) < 4.78 is 2.08. The average molecular weight is 277 g/mol. The van der Waals surface area contributed by atoms with Crippen molar-refractivity contribution < 1.29 is 0 Å². The summed E-state index contributed by atoms with van der Waals surface area (Å²) >= 11 is 1.94. The lowest BCUT2D eigenvalue weighted by atomic mass is 10.1. The van der Waals surface area contributed by atoms with E-state index in [9.17, 15) is 0 Å². The van der Waals surface area contributed by atoms with Crippen molar-refractivity contribution in [2.24, 2.45) is 13.0 Å². The van der Waals surface area contributed by atoms with Crippen molar-refractivity contribution in [2.75, 3.05) is 7.05 Å². The van der Waals surface area contributed by atoms with Gasteiger partial charge in [0.05, 0.1) is 6.54 Å². The number of aromatic nitrogens is 2. The third-order valence-electron chi connectivity index (χ3n) is 3.08. The molecule has 3 nitrogen and oxygen atoms in total. The summed E-state index contributed by atoms with van der Waals surface area (Å²) in [6.45, 7) is 6.43. The first-order valence-electron chi connectivity index (χ1n) is 6.77. The number of rotatable bonds is 6. The molecule has 0 bridgehead atoms. The highest BCUT2D eigenvalue weighted by atomic mass is 32.1. The molecule has 0 N–H and O–H groups in total. The molecule has 0 unspecified atom stereocenters. The van der Waals surface area contributed by atoms with Gasteiger partial charge in [-0.2, -0.15) is 0 Å². The molecule has 19 heavy (non-hydrogen) atoms. The molecule has 2 rings (SSSR count). The van der Waals surface area contributed by atoms with Gasteiger partial charge in [-0.25, -0.2) is 4.98 Å². The Balaban J connectivity index is 1.90. The number of hydrogen-bond donors (Lipinski definition) is 0. The molecule has 0 aromatic carbocycles. The summed E-state index contributed by atoms with van der Waals surface area (Å²) in [5.74, 6) is 1.85. The van der Waals surface area contributed by atoms with Gasteiger partial charge in [0.25, 0.3) is 0 Å². The molecule has 0 aliphatic rings. The number of nitrogens with zero attached hydrogens (tertiary/aromatic N) is 3. The van der Waals surface area contributed by atoms with E-state index in [0.717, 1.165) is 24.8 Å². The Morgan fingerprint density at radius 2 is 2.00 bits per heavy atom. The van der Waals surface area contributed by atoms with E-state index in [1.807, 2.05) is 30.8 Å². The van der Waals surface area contributed by atoms with Crippen LogP contribution in [0, 0.1) is 5.92 Å². The van der Waals surface area contributed by atoms with Crippen LogP contribution in [-0.2, 0) is 26.6 Å². The van der Waals surface area contributed by atoms with Gasteiger partial charge in [-0.15, -0.1) is 11.3 Å². The molecule has 0 spiro atoms. The summed E-state index contributed by atoms with van der Waals surface area (Å²) in [5.41, 5.74) is 0. The van der Waals surface area contributed by atoms with E-state index in [2.05, 4.69) is 47.5 Å². The number of thiophene rings is 1. The van der Waals surface area contributed by atoms with Crippen LogP contribution in [0.2, 0.25) is 0 Å². The number of aryl methyl sites for hydroxylation is 1. The van der Waals surface area contributed by atoms with E-state index in [1.54, 1.807) is 0 Å². The van der Waals surface area contributed by atoms with Crippen LogP contribution in [0.5, 0.6) is 0 Å². The van der Waals surface area contributed by atoms with Gasteiger partial charge in [0.2, 0.25) is 0 Å². The lowest BCUT2D eigenvalue weighted by Gasteiger charge is -2.15. The topological polar surface area (TPSA) is 21.1 Å². The van der Waals surface area contributed by atoms with Crippen molar-refractivity contribution in [3.8, 4) is 0 Å². The van der Waals surface area contributed by atoms with Crippen LogP contribution in [0.25, 0.3) is 0 Å². The summed E-state index contributed by atoms with van der Waals surface area (Å²) in [7, 11) is 4.19. The van der Waals surface area contributed by atoms with Crippen molar-refractivity contribution in [3.05, 3.63) is 40.1 Å². The minimum absolute atomic E-state index is 0.733. The molecule has 0 atom stereocenters. The van der Waals surface area contributed by atoms with Gasteiger partial charge in [-0.1, -0.05) is 13.8 Å². The van der Waals surface area contributed by atoms with Gasteiger partial charge in [0.1, 0.15) is 5.82 Å². The second-order valence-electron chi connectivity index (χ2n) is 5.59. The third kappa shape index (κ3) is 4.18. The smallest absolute Gasteiger partial charge is 0.122 e. The van der Waals surface area contributed by atoms with Gasteiger partial charge >= 0.3 is 0 Å². The van der Waals surface area contributed by atoms with Crippen molar-refractivity contribution >= 4 is 11.3 Å². The van der Waals surface area contributed by atoms with E-state index in [1.165, 1.54) is 16.2 Å². The molecule has 4 heteroatoms. The van der Waals surface area contributed by atoms with Crippen LogP contribution in [-0.4, -0.2) is 21.5 Å². The summed E-state index contributed by atoms with van der Waals surface area (Å²) in [5, 5.41) is 0. The Bertz CT molecular complexity index is 513. The van der Waals surface area contributed by atoms with Crippen molar-refractivity contribution in [1.82, 2.24) is 14.5 Å². The van der Waals surface area contributed by atoms with E-state index in [0.29, 0.717) is 0 Å². The predicted molar refractivity (Wildman–Crippen MR) is 81.2 cm³/mol. The van der Waals surface area contributed by atoms with Crippen LogP contribution in [0.1, 0.15) is 29.4 Å². The lowest BCUT2D eigenvalue weighted by Crippen LogP contribution is -2.18. The molecule has 0 fully saturated rings. The first kappa shape index (κ1) is 14.3. The van der Waals surface area contributed by atoms with E-state index in [4.69, 9.17) is 0 Å². The van der Waals surface area contributed by atoms with Gasteiger partial charge < -0.3 is 4.57 Å². The second kappa shape index (κ2) is 6.35.